The third kappa shape index (κ3) is 6.98. The van der Waals surface area contributed by atoms with Crippen molar-refractivity contribution in [2.45, 2.75) is 32.7 Å². The molecular formula is C11H25N3O2S. The molecule has 0 aromatic carbocycles. The van der Waals surface area contributed by atoms with Crippen LogP contribution in [0.2, 0.25) is 0 Å². The number of sulfonamides is 1. The standard InChI is InChI=1S/C11H25N3O2S/c1-10(2)9-14-6-3-11(4-7-14)13-5-8-17(12,15)16/h10-11,13H,3-9H2,1-2H3,(H2,12,15,16). The van der Waals surface area contributed by atoms with Gasteiger partial charge in [-0.2, -0.15) is 0 Å². The minimum Gasteiger partial charge on any atom is -0.313 e. The minimum atomic E-state index is -3.32. The highest BCUT2D eigenvalue weighted by atomic mass is 32.2. The summed E-state index contributed by atoms with van der Waals surface area (Å²) in [4.78, 5) is 2.47. The van der Waals surface area contributed by atoms with Crippen LogP contribution < -0.4 is 10.5 Å². The Labute approximate surface area is 105 Å². The first-order valence-corrected chi connectivity index (χ1v) is 8.04. The average Bonchev–Trinajstić information content (AvgIpc) is 2.18. The monoisotopic (exact) mass is 263 g/mol. The van der Waals surface area contributed by atoms with Gasteiger partial charge in [-0.25, -0.2) is 13.6 Å². The molecule has 0 saturated carbocycles. The quantitative estimate of drug-likeness (QED) is 0.706. The Morgan fingerprint density at radius 3 is 2.41 bits per heavy atom. The third-order valence-electron chi connectivity index (χ3n) is 3.03. The largest absolute Gasteiger partial charge is 0.313 e. The SMILES string of the molecule is CC(C)CN1CCC(NCCS(N)(=O)=O)CC1. The van der Waals surface area contributed by atoms with E-state index in [0.29, 0.717) is 18.5 Å². The molecule has 1 saturated heterocycles. The van der Waals surface area contributed by atoms with Gasteiger partial charge in [0.15, 0.2) is 0 Å². The highest BCUT2D eigenvalue weighted by Crippen LogP contribution is 2.11. The van der Waals surface area contributed by atoms with Crippen LogP contribution in [0.25, 0.3) is 0 Å². The second kappa shape index (κ2) is 6.68. The maximum absolute atomic E-state index is 10.8. The van der Waals surface area contributed by atoms with E-state index in [1.807, 2.05) is 0 Å². The predicted molar refractivity (Wildman–Crippen MR) is 70.3 cm³/mol. The summed E-state index contributed by atoms with van der Waals surface area (Å²) < 4.78 is 21.6. The van der Waals surface area contributed by atoms with Crippen LogP contribution in [0.5, 0.6) is 0 Å². The van der Waals surface area contributed by atoms with Gasteiger partial charge in [-0.05, 0) is 31.8 Å². The van der Waals surface area contributed by atoms with E-state index in [1.165, 1.54) is 0 Å². The summed E-state index contributed by atoms with van der Waals surface area (Å²) in [5, 5.41) is 8.22. The van der Waals surface area contributed by atoms with Gasteiger partial charge in [0.1, 0.15) is 0 Å². The minimum absolute atomic E-state index is 0.0270. The third-order valence-corrected chi connectivity index (χ3v) is 3.80. The number of nitrogens with zero attached hydrogens (tertiary/aromatic N) is 1. The van der Waals surface area contributed by atoms with Crippen molar-refractivity contribution in [3.63, 3.8) is 0 Å². The zero-order chi connectivity index (χ0) is 12.9. The lowest BCUT2D eigenvalue weighted by Crippen LogP contribution is -2.44. The molecule has 0 unspecified atom stereocenters. The van der Waals surface area contributed by atoms with E-state index < -0.39 is 10.0 Å². The lowest BCUT2D eigenvalue weighted by atomic mass is 10.0. The van der Waals surface area contributed by atoms with Crippen molar-refractivity contribution in [3.05, 3.63) is 0 Å². The zero-order valence-corrected chi connectivity index (χ0v) is 11.7. The predicted octanol–water partition coefficient (Wildman–Crippen LogP) is -0.0151. The average molecular weight is 263 g/mol. The van der Waals surface area contributed by atoms with E-state index in [4.69, 9.17) is 5.14 Å². The second-order valence-electron chi connectivity index (χ2n) is 5.29. The summed E-state index contributed by atoms with van der Waals surface area (Å²) in [6, 6.07) is 0.445. The number of hydrogen-bond donors (Lipinski definition) is 2. The fraction of sp³-hybridized carbons (Fsp3) is 1.00. The van der Waals surface area contributed by atoms with Crippen molar-refractivity contribution in [1.82, 2.24) is 10.2 Å². The van der Waals surface area contributed by atoms with Gasteiger partial charge in [0.25, 0.3) is 0 Å². The molecular weight excluding hydrogens is 238 g/mol. The molecule has 0 amide bonds. The fourth-order valence-corrected chi connectivity index (χ4v) is 2.64. The molecule has 0 aromatic rings. The molecule has 17 heavy (non-hydrogen) atoms. The number of rotatable bonds is 6. The summed E-state index contributed by atoms with van der Waals surface area (Å²) in [5.74, 6) is 0.737. The molecule has 1 heterocycles. The highest BCUT2D eigenvalue weighted by Gasteiger charge is 2.19. The summed E-state index contributed by atoms with van der Waals surface area (Å²) >= 11 is 0. The summed E-state index contributed by atoms with van der Waals surface area (Å²) in [7, 11) is -3.32. The van der Waals surface area contributed by atoms with E-state index in [9.17, 15) is 8.42 Å². The van der Waals surface area contributed by atoms with E-state index in [-0.39, 0.29) is 5.75 Å². The van der Waals surface area contributed by atoms with Crippen LogP contribution >= 0.6 is 0 Å². The van der Waals surface area contributed by atoms with Crippen LogP contribution in [0.3, 0.4) is 0 Å². The van der Waals surface area contributed by atoms with E-state index >= 15 is 0 Å². The maximum atomic E-state index is 10.8. The molecule has 0 aromatic heterocycles. The lowest BCUT2D eigenvalue weighted by Gasteiger charge is -2.33. The Hall–Kier alpha value is -0.170. The lowest BCUT2D eigenvalue weighted by molar-refractivity contribution is 0.181. The van der Waals surface area contributed by atoms with Crippen molar-refractivity contribution in [3.8, 4) is 0 Å². The van der Waals surface area contributed by atoms with Gasteiger partial charge in [-0.15, -0.1) is 0 Å². The molecule has 0 atom stereocenters. The summed E-state index contributed by atoms with van der Waals surface area (Å²) in [5.41, 5.74) is 0. The molecule has 102 valence electrons. The van der Waals surface area contributed by atoms with Gasteiger partial charge in [0.2, 0.25) is 10.0 Å². The summed E-state index contributed by atoms with van der Waals surface area (Å²) in [6.07, 6.45) is 2.19. The van der Waals surface area contributed by atoms with Crippen molar-refractivity contribution in [1.29, 1.82) is 0 Å². The Balaban J connectivity index is 2.15. The van der Waals surface area contributed by atoms with Gasteiger partial charge < -0.3 is 10.2 Å². The van der Waals surface area contributed by atoms with Gasteiger partial charge in [-0.1, -0.05) is 13.8 Å². The first-order valence-electron chi connectivity index (χ1n) is 6.33. The van der Waals surface area contributed by atoms with Crippen LogP contribution in [-0.2, 0) is 10.0 Å². The second-order valence-corrected chi connectivity index (χ2v) is 7.02. The molecule has 3 N–H and O–H groups in total. The molecule has 0 radical (unpaired) electrons. The van der Waals surface area contributed by atoms with Crippen LogP contribution in [0.1, 0.15) is 26.7 Å². The first-order chi connectivity index (χ1) is 7.87. The molecule has 6 heteroatoms. The first kappa shape index (κ1) is 14.9. The number of piperidine rings is 1. The fourth-order valence-electron chi connectivity index (χ4n) is 2.24. The number of nitrogens with two attached hydrogens (primary N) is 1. The Kier molecular flexibility index (Phi) is 5.85. The molecule has 1 rings (SSSR count). The van der Waals surface area contributed by atoms with Gasteiger partial charge in [0.05, 0.1) is 5.75 Å². The van der Waals surface area contributed by atoms with Crippen LogP contribution in [0, 0.1) is 5.92 Å². The molecule has 1 aliphatic rings. The zero-order valence-electron chi connectivity index (χ0n) is 10.9. The highest BCUT2D eigenvalue weighted by molar-refractivity contribution is 7.89. The van der Waals surface area contributed by atoms with Crippen LogP contribution in [-0.4, -0.2) is 51.3 Å². The number of nitrogens with one attached hydrogen (secondary N) is 1. The van der Waals surface area contributed by atoms with E-state index in [2.05, 4.69) is 24.1 Å². The normalized spacial score (nSPS) is 20.0. The van der Waals surface area contributed by atoms with Crippen molar-refractivity contribution in [2.75, 3.05) is 31.9 Å². The van der Waals surface area contributed by atoms with E-state index in [1.54, 1.807) is 0 Å². The molecule has 0 spiro atoms. The smallest absolute Gasteiger partial charge is 0.210 e. The van der Waals surface area contributed by atoms with Gasteiger partial charge in [0, 0.05) is 19.1 Å². The Morgan fingerprint density at radius 1 is 1.35 bits per heavy atom. The topological polar surface area (TPSA) is 75.4 Å². The number of likely N-dealkylation sites (tertiary alicyclic amines) is 1. The van der Waals surface area contributed by atoms with E-state index in [0.717, 1.165) is 32.5 Å². The molecule has 1 aliphatic heterocycles. The van der Waals surface area contributed by atoms with Crippen molar-refractivity contribution in [2.24, 2.45) is 11.1 Å². The van der Waals surface area contributed by atoms with Crippen molar-refractivity contribution < 1.29 is 8.42 Å². The molecule has 0 bridgehead atoms. The number of hydrogen-bond acceptors (Lipinski definition) is 4. The molecule has 1 fully saturated rings. The van der Waals surface area contributed by atoms with Crippen LogP contribution in [0.4, 0.5) is 0 Å². The molecule has 5 nitrogen and oxygen atoms in total. The van der Waals surface area contributed by atoms with Crippen molar-refractivity contribution >= 4 is 10.0 Å². The maximum Gasteiger partial charge on any atom is 0.210 e. The Bertz CT molecular complexity index is 309. The number of primary sulfonamides is 1. The van der Waals surface area contributed by atoms with Crippen LogP contribution in [0.15, 0.2) is 0 Å². The summed E-state index contributed by atoms with van der Waals surface area (Å²) in [6.45, 7) is 8.29. The van der Waals surface area contributed by atoms with Gasteiger partial charge in [-0.3, -0.25) is 0 Å². The molecule has 0 aliphatic carbocycles. The van der Waals surface area contributed by atoms with Gasteiger partial charge >= 0.3 is 0 Å². The Morgan fingerprint density at radius 2 is 1.94 bits per heavy atom.